The molecule has 2 saturated heterocycles. The summed E-state index contributed by atoms with van der Waals surface area (Å²) in [5, 5.41) is 21.0. The van der Waals surface area contributed by atoms with E-state index in [1.54, 1.807) is 25.3 Å². The highest BCUT2D eigenvalue weighted by atomic mass is 35.5. The fourth-order valence-corrected chi connectivity index (χ4v) is 7.73. The molecular weight excluding hydrogens is 420 g/mol. The average molecular weight is 437 g/mol. The molecule has 146 valence electrons. The van der Waals surface area contributed by atoms with Gasteiger partial charge in [-0.3, -0.25) is 10.4 Å². The zero-order chi connectivity index (χ0) is 20.2. The number of pyridine rings is 1. The van der Waals surface area contributed by atoms with E-state index >= 15 is 0 Å². The number of halogens is 1. The van der Waals surface area contributed by atoms with Gasteiger partial charge >= 0.3 is 0 Å². The molecule has 2 N–H and O–H groups in total. The number of sulfone groups is 1. The summed E-state index contributed by atoms with van der Waals surface area (Å²) in [4.78, 5) is 5.48. The molecule has 0 saturated carbocycles. The number of thiophene rings is 1. The zero-order valence-corrected chi connectivity index (χ0v) is 17.3. The molecule has 0 radical (unpaired) electrons. The molecule has 0 unspecified atom stereocenters. The lowest BCUT2D eigenvalue weighted by atomic mass is 9.98. The Bertz CT molecular complexity index is 1120. The fourth-order valence-electron chi connectivity index (χ4n) is 3.73. The van der Waals surface area contributed by atoms with E-state index < -0.39 is 20.1 Å². The number of nitrogens with one attached hydrogen (secondary N) is 2. The van der Waals surface area contributed by atoms with E-state index in [4.69, 9.17) is 27.0 Å². The monoisotopic (exact) mass is 436 g/mol. The van der Waals surface area contributed by atoms with Crippen molar-refractivity contribution in [2.75, 3.05) is 19.0 Å². The van der Waals surface area contributed by atoms with Crippen LogP contribution in [0.5, 0.6) is 0 Å². The lowest BCUT2D eigenvalue weighted by molar-refractivity contribution is 0.193. The predicted molar refractivity (Wildman–Crippen MR) is 107 cm³/mol. The third kappa shape index (κ3) is 2.83. The summed E-state index contributed by atoms with van der Waals surface area (Å²) in [7, 11) is -3.63. The molecule has 10 heteroatoms. The summed E-state index contributed by atoms with van der Waals surface area (Å²) in [5.41, 5.74) is 0.137. The molecule has 2 aromatic heterocycles. The van der Waals surface area contributed by atoms with Crippen LogP contribution in [0.25, 0.3) is 10.4 Å². The molecule has 4 heterocycles. The first-order chi connectivity index (χ1) is 13.2. The minimum absolute atomic E-state index is 0.00723. The lowest BCUT2D eigenvalue weighted by Gasteiger charge is -2.43. The van der Waals surface area contributed by atoms with Crippen molar-refractivity contribution in [3.05, 3.63) is 40.0 Å². The van der Waals surface area contributed by atoms with Crippen LogP contribution >= 0.6 is 22.9 Å². The molecule has 2 aliphatic heterocycles. The van der Waals surface area contributed by atoms with Crippen LogP contribution in [0.15, 0.2) is 24.5 Å². The van der Waals surface area contributed by atoms with Gasteiger partial charge in [0.15, 0.2) is 14.6 Å². The Morgan fingerprint density at radius 2 is 2.21 bits per heavy atom. The number of amidine groups is 1. The van der Waals surface area contributed by atoms with Crippen LogP contribution in [0.4, 0.5) is 0 Å². The van der Waals surface area contributed by atoms with E-state index in [0.717, 1.165) is 10.4 Å². The SMILES string of the molecule is C[C@@]1(c2sc(-c3cncc(C#N)c3)cc2Cl)CS(=O)(=O)[C@@]2(CCOC2)C(=N)N1. The second-order valence-corrected chi connectivity index (χ2v) is 11.0. The van der Waals surface area contributed by atoms with Crippen LogP contribution in [-0.2, 0) is 20.1 Å². The van der Waals surface area contributed by atoms with Crippen LogP contribution < -0.4 is 5.32 Å². The Morgan fingerprint density at radius 3 is 2.86 bits per heavy atom. The highest BCUT2D eigenvalue weighted by molar-refractivity contribution is 7.93. The average Bonchev–Trinajstić information content (AvgIpc) is 3.28. The number of hydrogen-bond acceptors (Lipinski definition) is 7. The van der Waals surface area contributed by atoms with Crippen molar-refractivity contribution in [3.8, 4) is 16.5 Å². The maximum atomic E-state index is 13.1. The summed E-state index contributed by atoms with van der Waals surface area (Å²) < 4.78 is 30.3. The smallest absolute Gasteiger partial charge is 0.168 e. The summed E-state index contributed by atoms with van der Waals surface area (Å²) >= 11 is 7.81. The van der Waals surface area contributed by atoms with Crippen LogP contribution in [-0.4, -0.2) is 43.0 Å². The first-order valence-corrected chi connectivity index (χ1v) is 11.4. The largest absolute Gasteiger partial charge is 0.379 e. The topological polar surface area (TPSA) is 116 Å². The first-order valence-electron chi connectivity index (χ1n) is 8.53. The standard InChI is InChI=1S/C18H17ClN4O3S2/c1-17(10-28(24,25)18(16(21)23-17)2-3-26-9-18)15-13(19)5-14(27-15)12-4-11(6-20)7-22-8-12/h4-5,7-8H,2-3,9-10H2,1H3,(H2,21,23)/t17-,18+/m0/s1. The van der Waals surface area contributed by atoms with Gasteiger partial charge in [0, 0.05) is 34.3 Å². The second kappa shape index (κ2) is 6.52. The molecular formula is C18H17ClN4O3S2. The summed E-state index contributed by atoms with van der Waals surface area (Å²) in [6, 6.07) is 5.50. The maximum absolute atomic E-state index is 13.1. The molecule has 2 aromatic rings. The molecule has 0 amide bonds. The van der Waals surface area contributed by atoms with Crippen LogP contribution in [0.2, 0.25) is 5.02 Å². The van der Waals surface area contributed by atoms with Gasteiger partial charge in [-0.1, -0.05) is 11.6 Å². The number of hydrogen-bond donors (Lipinski definition) is 2. The van der Waals surface area contributed by atoms with Crippen molar-refractivity contribution < 1.29 is 13.2 Å². The van der Waals surface area contributed by atoms with Gasteiger partial charge in [0.1, 0.15) is 11.9 Å². The number of nitrogens with zero attached hydrogens (tertiary/aromatic N) is 2. The van der Waals surface area contributed by atoms with Gasteiger partial charge in [-0.05, 0) is 25.5 Å². The van der Waals surface area contributed by atoms with Crippen molar-refractivity contribution in [3.63, 3.8) is 0 Å². The van der Waals surface area contributed by atoms with Crippen molar-refractivity contribution >= 4 is 38.6 Å². The molecule has 0 aromatic carbocycles. The zero-order valence-electron chi connectivity index (χ0n) is 15.0. The number of aromatic nitrogens is 1. The van der Waals surface area contributed by atoms with E-state index in [9.17, 15) is 8.42 Å². The van der Waals surface area contributed by atoms with Gasteiger partial charge in [-0.2, -0.15) is 5.26 Å². The summed E-state index contributed by atoms with van der Waals surface area (Å²) in [5.74, 6) is -0.222. The highest BCUT2D eigenvalue weighted by Gasteiger charge is 2.58. The van der Waals surface area contributed by atoms with E-state index in [1.165, 1.54) is 17.5 Å². The van der Waals surface area contributed by atoms with Crippen molar-refractivity contribution in [2.45, 2.75) is 23.6 Å². The number of ether oxygens (including phenoxy) is 1. The van der Waals surface area contributed by atoms with Crippen LogP contribution in [0.1, 0.15) is 23.8 Å². The van der Waals surface area contributed by atoms with Gasteiger partial charge in [0.25, 0.3) is 0 Å². The maximum Gasteiger partial charge on any atom is 0.168 e. The van der Waals surface area contributed by atoms with Gasteiger partial charge < -0.3 is 10.1 Å². The Morgan fingerprint density at radius 1 is 1.43 bits per heavy atom. The Kier molecular flexibility index (Phi) is 4.50. The molecule has 4 rings (SSSR count). The molecule has 2 fully saturated rings. The Hall–Kier alpha value is -1.99. The van der Waals surface area contributed by atoms with Crippen molar-refractivity contribution in [1.82, 2.24) is 10.3 Å². The highest BCUT2D eigenvalue weighted by Crippen LogP contribution is 2.45. The van der Waals surface area contributed by atoms with Gasteiger partial charge in [0.05, 0.1) is 28.5 Å². The van der Waals surface area contributed by atoms with Crippen molar-refractivity contribution in [1.29, 1.82) is 10.7 Å². The van der Waals surface area contributed by atoms with Gasteiger partial charge in [0.2, 0.25) is 0 Å². The van der Waals surface area contributed by atoms with Gasteiger partial charge in [-0.15, -0.1) is 11.3 Å². The third-order valence-electron chi connectivity index (χ3n) is 5.26. The normalized spacial score (nSPS) is 28.8. The third-order valence-corrected chi connectivity index (χ3v) is 9.79. The first kappa shape index (κ1) is 19.3. The summed E-state index contributed by atoms with van der Waals surface area (Å²) in [6.45, 7) is 2.08. The quantitative estimate of drug-likeness (QED) is 0.747. The van der Waals surface area contributed by atoms with Gasteiger partial charge in [-0.25, -0.2) is 8.42 Å². The molecule has 1 spiro atoms. The van der Waals surface area contributed by atoms with E-state index in [1.807, 2.05) is 0 Å². The molecule has 2 aliphatic rings. The summed E-state index contributed by atoms with van der Waals surface area (Å²) in [6.07, 6.45) is 3.39. The minimum atomic E-state index is -3.63. The Balaban J connectivity index is 1.75. The molecule has 0 bridgehead atoms. The molecule has 28 heavy (non-hydrogen) atoms. The van der Waals surface area contributed by atoms with E-state index in [2.05, 4.69) is 16.4 Å². The van der Waals surface area contributed by atoms with Crippen LogP contribution in [0, 0.1) is 16.7 Å². The minimum Gasteiger partial charge on any atom is -0.379 e. The van der Waals surface area contributed by atoms with Crippen molar-refractivity contribution in [2.24, 2.45) is 0 Å². The molecule has 7 nitrogen and oxygen atoms in total. The fraction of sp³-hybridized carbons (Fsp3) is 0.389. The number of nitriles is 1. The van der Waals surface area contributed by atoms with E-state index in [0.29, 0.717) is 22.1 Å². The van der Waals surface area contributed by atoms with Crippen LogP contribution in [0.3, 0.4) is 0 Å². The Labute approximate surface area is 171 Å². The molecule has 2 atom stereocenters. The lowest BCUT2D eigenvalue weighted by Crippen LogP contribution is -2.66. The predicted octanol–water partition coefficient (Wildman–Crippen LogP) is 2.70. The number of rotatable bonds is 2. The van der Waals surface area contributed by atoms with E-state index in [-0.39, 0.29) is 24.6 Å². The molecule has 0 aliphatic carbocycles. The second-order valence-electron chi connectivity index (χ2n) is 7.25.